The van der Waals surface area contributed by atoms with E-state index >= 15 is 0 Å². The summed E-state index contributed by atoms with van der Waals surface area (Å²) in [6.45, 7) is 0.450. The van der Waals surface area contributed by atoms with Crippen LogP contribution in [0.1, 0.15) is 0 Å². The van der Waals surface area contributed by atoms with Crippen molar-refractivity contribution >= 4 is 5.82 Å². The molecule has 0 saturated heterocycles. The molecule has 0 bridgehead atoms. The molecule has 3 N–H and O–H groups in total. The van der Waals surface area contributed by atoms with E-state index in [0.717, 1.165) is 0 Å². The summed E-state index contributed by atoms with van der Waals surface area (Å²) in [6.07, 6.45) is 2.26. The number of nitrogens with zero attached hydrogens (tertiary/aromatic N) is 1. The highest BCUT2D eigenvalue weighted by atomic mass is 16.5. The minimum absolute atomic E-state index is 0.197. The minimum atomic E-state index is -0.651. The monoisotopic (exact) mass is 199 g/mol. The fourth-order valence-electron chi connectivity index (χ4n) is 0.943. The molecule has 0 aliphatic rings. The highest BCUT2D eigenvalue weighted by molar-refractivity contribution is 5.29. The van der Waals surface area contributed by atoms with Crippen LogP contribution in [0.4, 0.5) is 5.82 Å². The smallest absolute Gasteiger partial charge is 0.290 e. The van der Waals surface area contributed by atoms with Crippen LogP contribution in [0.5, 0.6) is 0 Å². The first-order chi connectivity index (χ1) is 6.74. The van der Waals surface area contributed by atoms with Crippen molar-refractivity contribution in [3.8, 4) is 0 Å². The summed E-state index contributed by atoms with van der Waals surface area (Å²) < 4.78 is 4.73. The molecule has 1 aromatic heterocycles. The van der Waals surface area contributed by atoms with E-state index in [1.807, 2.05) is 0 Å². The van der Waals surface area contributed by atoms with Crippen molar-refractivity contribution < 1.29 is 9.84 Å². The van der Waals surface area contributed by atoms with E-state index in [9.17, 15) is 9.90 Å². The number of methoxy groups -OCH3 is 1. The van der Waals surface area contributed by atoms with Gasteiger partial charge in [-0.25, -0.2) is 4.98 Å². The van der Waals surface area contributed by atoms with Crippen LogP contribution in [-0.4, -0.2) is 41.4 Å². The number of anilines is 1. The molecule has 0 aliphatic heterocycles. The minimum Gasteiger partial charge on any atom is -0.389 e. The first-order valence-electron chi connectivity index (χ1n) is 4.18. The van der Waals surface area contributed by atoms with Gasteiger partial charge in [-0.05, 0) is 0 Å². The van der Waals surface area contributed by atoms with Gasteiger partial charge in [-0.2, -0.15) is 0 Å². The lowest BCUT2D eigenvalue weighted by Gasteiger charge is -2.09. The Morgan fingerprint density at radius 2 is 2.57 bits per heavy atom. The molecule has 6 heteroatoms. The number of aromatic amines is 1. The van der Waals surface area contributed by atoms with E-state index in [1.54, 1.807) is 0 Å². The molecule has 0 saturated carbocycles. The van der Waals surface area contributed by atoms with Gasteiger partial charge in [0.05, 0.1) is 12.7 Å². The van der Waals surface area contributed by atoms with Crippen LogP contribution in [0.3, 0.4) is 0 Å². The van der Waals surface area contributed by atoms with Crippen LogP contribution in [0.2, 0.25) is 0 Å². The molecule has 1 atom stereocenters. The van der Waals surface area contributed by atoms with Gasteiger partial charge >= 0.3 is 0 Å². The number of ether oxygens (including phenoxy) is 1. The van der Waals surface area contributed by atoms with E-state index in [4.69, 9.17) is 4.74 Å². The number of hydrogen-bond acceptors (Lipinski definition) is 5. The Bertz CT molecular complexity index is 326. The van der Waals surface area contributed by atoms with Gasteiger partial charge in [0, 0.05) is 26.0 Å². The van der Waals surface area contributed by atoms with Gasteiger partial charge in [0.1, 0.15) is 0 Å². The van der Waals surface area contributed by atoms with Gasteiger partial charge in [-0.15, -0.1) is 0 Å². The quantitative estimate of drug-likeness (QED) is 0.577. The standard InChI is InChI=1S/C8H13N3O3/c1-14-5-6(12)4-11-7-8(13)10-3-2-9-7/h2-3,6,12H,4-5H2,1H3,(H,9,11)(H,10,13). The largest absolute Gasteiger partial charge is 0.389 e. The zero-order valence-corrected chi connectivity index (χ0v) is 7.86. The summed E-state index contributed by atoms with van der Waals surface area (Å²) >= 11 is 0. The molecule has 1 rings (SSSR count). The number of aliphatic hydroxyl groups excluding tert-OH is 1. The topological polar surface area (TPSA) is 87.2 Å². The van der Waals surface area contributed by atoms with Crippen molar-refractivity contribution in [1.29, 1.82) is 0 Å². The lowest BCUT2D eigenvalue weighted by molar-refractivity contribution is 0.0727. The van der Waals surface area contributed by atoms with Crippen LogP contribution in [0.25, 0.3) is 0 Å². The van der Waals surface area contributed by atoms with E-state index in [2.05, 4.69) is 15.3 Å². The molecule has 1 unspecified atom stereocenters. The van der Waals surface area contributed by atoms with Gasteiger partial charge in [-0.1, -0.05) is 0 Å². The average molecular weight is 199 g/mol. The highest BCUT2D eigenvalue weighted by Crippen LogP contribution is 1.91. The SMILES string of the molecule is COCC(O)CNc1ncc[nH]c1=O. The summed E-state index contributed by atoms with van der Waals surface area (Å²) in [5.41, 5.74) is -0.308. The van der Waals surface area contributed by atoms with Gasteiger partial charge in [0.25, 0.3) is 5.56 Å². The molecule has 14 heavy (non-hydrogen) atoms. The van der Waals surface area contributed by atoms with Gasteiger partial charge < -0.3 is 20.1 Å². The number of hydrogen-bond donors (Lipinski definition) is 3. The summed E-state index contributed by atoms with van der Waals surface area (Å²) in [4.78, 5) is 17.4. The Morgan fingerprint density at radius 1 is 1.79 bits per heavy atom. The van der Waals surface area contributed by atoms with Crippen molar-refractivity contribution in [1.82, 2.24) is 9.97 Å². The molecule has 0 aromatic carbocycles. The van der Waals surface area contributed by atoms with Crippen LogP contribution in [-0.2, 0) is 4.74 Å². The first kappa shape index (κ1) is 10.7. The number of rotatable bonds is 5. The van der Waals surface area contributed by atoms with E-state index < -0.39 is 6.10 Å². The van der Waals surface area contributed by atoms with Crippen molar-refractivity contribution in [2.75, 3.05) is 25.6 Å². The third kappa shape index (κ3) is 3.15. The van der Waals surface area contributed by atoms with Gasteiger partial charge in [0.2, 0.25) is 0 Å². The number of aromatic nitrogens is 2. The molecule has 0 amide bonds. The third-order valence-corrected chi connectivity index (χ3v) is 1.57. The molecular formula is C8H13N3O3. The Morgan fingerprint density at radius 3 is 3.21 bits per heavy atom. The van der Waals surface area contributed by atoms with Crippen molar-refractivity contribution in [2.45, 2.75) is 6.10 Å². The average Bonchev–Trinajstić information content (AvgIpc) is 2.17. The molecule has 1 aromatic rings. The summed E-state index contributed by atoms with van der Waals surface area (Å²) in [5, 5.41) is 12.0. The second-order valence-electron chi connectivity index (χ2n) is 2.76. The van der Waals surface area contributed by atoms with Gasteiger partial charge in [-0.3, -0.25) is 4.79 Å². The Labute approximate surface area is 80.9 Å². The zero-order valence-electron chi connectivity index (χ0n) is 7.86. The summed E-state index contributed by atoms with van der Waals surface area (Å²) in [7, 11) is 1.50. The predicted molar refractivity (Wildman–Crippen MR) is 51.2 cm³/mol. The second kappa shape index (κ2) is 5.36. The number of aliphatic hydroxyl groups is 1. The van der Waals surface area contributed by atoms with Crippen LogP contribution >= 0.6 is 0 Å². The Balaban J connectivity index is 2.46. The number of H-pyrrole nitrogens is 1. The van der Waals surface area contributed by atoms with E-state index in [-0.39, 0.29) is 24.5 Å². The van der Waals surface area contributed by atoms with Crippen molar-refractivity contribution in [2.24, 2.45) is 0 Å². The zero-order chi connectivity index (χ0) is 10.4. The van der Waals surface area contributed by atoms with E-state index in [0.29, 0.717) is 0 Å². The lowest BCUT2D eigenvalue weighted by Crippen LogP contribution is -2.27. The fourth-order valence-corrected chi connectivity index (χ4v) is 0.943. The lowest BCUT2D eigenvalue weighted by atomic mass is 10.4. The third-order valence-electron chi connectivity index (χ3n) is 1.57. The maximum atomic E-state index is 11.1. The molecular weight excluding hydrogens is 186 g/mol. The Hall–Kier alpha value is -1.40. The van der Waals surface area contributed by atoms with Crippen LogP contribution < -0.4 is 10.9 Å². The maximum Gasteiger partial charge on any atom is 0.290 e. The molecule has 0 fully saturated rings. The molecule has 0 aliphatic carbocycles. The Kier molecular flexibility index (Phi) is 4.09. The predicted octanol–water partition coefficient (Wildman–Crippen LogP) is -0.811. The first-order valence-corrected chi connectivity index (χ1v) is 4.18. The fraction of sp³-hybridized carbons (Fsp3) is 0.500. The van der Waals surface area contributed by atoms with E-state index in [1.165, 1.54) is 19.5 Å². The molecule has 78 valence electrons. The van der Waals surface area contributed by atoms with Crippen molar-refractivity contribution in [3.05, 3.63) is 22.7 Å². The molecule has 0 spiro atoms. The molecule has 1 heterocycles. The van der Waals surface area contributed by atoms with Crippen LogP contribution in [0, 0.1) is 0 Å². The number of nitrogens with one attached hydrogen (secondary N) is 2. The van der Waals surface area contributed by atoms with Crippen LogP contribution in [0.15, 0.2) is 17.2 Å². The van der Waals surface area contributed by atoms with Crippen molar-refractivity contribution in [3.63, 3.8) is 0 Å². The van der Waals surface area contributed by atoms with Gasteiger partial charge in [0.15, 0.2) is 5.82 Å². The summed E-state index contributed by atoms with van der Waals surface area (Å²) in [6, 6.07) is 0. The highest BCUT2D eigenvalue weighted by Gasteiger charge is 2.04. The normalized spacial score (nSPS) is 12.4. The molecule has 0 radical (unpaired) electrons. The second-order valence-corrected chi connectivity index (χ2v) is 2.76. The summed E-state index contributed by atoms with van der Waals surface area (Å²) in [5.74, 6) is 0.197. The maximum absolute atomic E-state index is 11.1. The molecule has 6 nitrogen and oxygen atoms in total.